The molecule has 0 unspecified atom stereocenters. The van der Waals surface area contributed by atoms with Crippen molar-refractivity contribution in [3.8, 4) is 0 Å². The van der Waals surface area contributed by atoms with Crippen LogP contribution in [0.3, 0.4) is 0 Å². The van der Waals surface area contributed by atoms with Crippen molar-refractivity contribution in [1.82, 2.24) is 9.80 Å². The van der Waals surface area contributed by atoms with Gasteiger partial charge >= 0.3 is 0 Å². The van der Waals surface area contributed by atoms with E-state index in [1.807, 2.05) is 0 Å². The van der Waals surface area contributed by atoms with Crippen molar-refractivity contribution < 1.29 is 0 Å². The lowest BCUT2D eigenvalue weighted by Gasteiger charge is -2.30. The van der Waals surface area contributed by atoms with E-state index < -0.39 is 0 Å². The smallest absolute Gasteiger partial charge is 0.0109 e. The monoisotopic (exact) mass is 216 g/mol. The van der Waals surface area contributed by atoms with Gasteiger partial charge in [0.1, 0.15) is 0 Å². The summed E-state index contributed by atoms with van der Waals surface area (Å²) in [5.74, 6) is 0.972. The lowest BCUT2D eigenvalue weighted by molar-refractivity contribution is 0.200. The SMILES string of the molecule is CN1CCCN(CC(C)(C)CS)CC1. The van der Waals surface area contributed by atoms with Crippen LogP contribution in [0.15, 0.2) is 0 Å². The lowest BCUT2D eigenvalue weighted by Crippen LogP contribution is -2.37. The van der Waals surface area contributed by atoms with Gasteiger partial charge in [0, 0.05) is 19.6 Å². The van der Waals surface area contributed by atoms with E-state index in [0.717, 1.165) is 5.75 Å². The molecular weight excluding hydrogens is 192 g/mol. The summed E-state index contributed by atoms with van der Waals surface area (Å²) in [7, 11) is 2.22. The van der Waals surface area contributed by atoms with Crippen LogP contribution in [0.1, 0.15) is 20.3 Å². The first-order valence-corrected chi connectivity index (χ1v) is 6.18. The third-order valence-electron chi connectivity index (χ3n) is 2.89. The van der Waals surface area contributed by atoms with Crippen molar-refractivity contribution in [3.63, 3.8) is 0 Å². The van der Waals surface area contributed by atoms with E-state index in [1.54, 1.807) is 0 Å². The molecule has 0 radical (unpaired) electrons. The van der Waals surface area contributed by atoms with Gasteiger partial charge in [-0.2, -0.15) is 12.6 Å². The zero-order chi connectivity index (χ0) is 10.6. The van der Waals surface area contributed by atoms with Gasteiger partial charge in [-0.05, 0) is 37.7 Å². The molecule has 0 N–H and O–H groups in total. The van der Waals surface area contributed by atoms with Gasteiger partial charge in [0.25, 0.3) is 0 Å². The number of thiol groups is 1. The first kappa shape index (κ1) is 12.3. The highest BCUT2D eigenvalue weighted by atomic mass is 32.1. The fourth-order valence-electron chi connectivity index (χ4n) is 1.91. The first-order chi connectivity index (χ1) is 6.53. The highest BCUT2D eigenvalue weighted by Crippen LogP contribution is 2.19. The second-order valence-electron chi connectivity index (χ2n) is 5.26. The molecule has 1 aliphatic heterocycles. The average molecular weight is 216 g/mol. The maximum atomic E-state index is 4.41. The van der Waals surface area contributed by atoms with E-state index in [1.165, 1.54) is 39.1 Å². The fraction of sp³-hybridized carbons (Fsp3) is 1.00. The molecule has 0 aromatic carbocycles. The summed E-state index contributed by atoms with van der Waals surface area (Å²) in [4.78, 5) is 5.01. The molecule has 0 spiro atoms. The summed E-state index contributed by atoms with van der Waals surface area (Å²) >= 11 is 4.41. The molecule has 1 aliphatic rings. The quantitative estimate of drug-likeness (QED) is 0.716. The molecular formula is C11H24N2S. The second kappa shape index (κ2) is 5.38. The molecule has 0 aliphatic carbocycles. The van der Waals surface area contributed by atoms with Crippen LogP contribution in [-0.4, -0.2) is 55.3 Å². The average Bonchev–Trinajstić information content (AvgIpc) is 2.31. The molecule has 14 heavy (non-hydrogen) atoms. The molecule has 1 heterocycles. The zero-order valence-corrected chi connectivity index (χ0v) is 10.7. The third-order valence-corrected chi connectivity index (χ3v) is 3.75. The predicted molar refractivity (Wildman–Crippen MR) is 66.2 cm³/mol. The summed E-state index contributed by atoms with van der Waals surface area (Å²) in [6.45, 7) is 10.7. The van der Waals surface area contributed by atoms with Crippen molar-refractivity contribution in [1.29, 1.82) is 0 Å². The van der Waals surface area contributed by atoms with Crippen molar-refractivity contribution in [2.75, 3.05) is 45.5 Å². The van der Waals surface area contributed by atoms with Crippen LogP contribution in [0, 0.1) is 5.41 Å². The highest BCUT2D eigenvalue weighted by molar-refractivity contribution is 7.80. The summed E-state index contributed by atoms with van der Waals surface area (Å²) in [6.07, 6.45) is 1.30. The highest BCUT2D eigenvalue weighted by Gasteiger charge is 2.21. The number of rotatable bonds is 3. The Balaban J connectivity index is 2.37. The summed E-state index contributed by atoms with van der Waals surface area (Å²) in [5, 5.41) is 0. The molecule has 1 saturated heterocycles. The molecule has 0 amide bonds. The maximum absolute atomic E-state index is 4.41. The van der Waals surface area contributed by atoms with E-state index >= 15 is 0 Å². The van der Waals surface area contributed by atoms with Crippen LogP contribution in [-0.2, 0) is 0 Å². The molecule has 1 fully saturated rings. The van der Waals surface area contributed by atoms with Crippen molar-refractivity contribution in [2.45, 2.75) is 20.3 Å². The van der Waals surface area contributed by atoms with Crippen LogP contribution in [0.2, 0.25) is 0 Å². The Kier molecular flexibility index (Phi) is 4.74. The van der Waals surface area contributed by atoms with Gasteiger partial charge in [-0.15, -0.1) is 0 Å². The molecule has 0 aromatic heterocycles. The lowest BCUT2D eigenvalue weighted by atomic mass is 9.95. The first-order valence-electron chi connectivity index (χ1n) is 5.55. The Morgan fingerprint density at radius 2 is 1.86 bits per heavy atom. The van der Waals surface area contributed by atoms with E-state index in [0.29, 0.717) is 5.41 Å². The molecule has 1 rings (SSSR count). The largest absolute Gasteiger partial charge is 0.305 e. The summed E-state index contributed by atoms with van der Waals surface area (Å²) in [5.41, 5.74) is 0.353. The molecule has 0 saturated carbocycles. The van der Waals surface area contributed by atoms with Crippen molar-refractivity contribution in [3.05, 3.63) is 0 Å². The normalized spacial score (nSPS) is 22.3. The van der Waals surface area contributed by atoms with Crippen molar-refractivity contribution in [2.24, 2.45) is 5.41 Å². The summed E-state index contributed by atoms with van der Waals surface area (Å²) in [6, 6.07) is 0. The molecule has 0 aromatic rings. The minimum atomic E-state index is 0.353. The van der Waals surface area contributed by atoms with Crippen LogP contribution < -0.4 is 0 Å². The fourth-order valence-corrected chi connectivity index (χ4v) is 2.01. The Morgan fingerprint density at radius 3 is 2.50 bits per heavy atom. The van der Waals surface area contributed by atoms with Gasteiger partial charge in [-0.3, -0.25) is 0 Å². The number of nitrogens with zero attached hydrogens (tertiary/aromatic N) is 2. The topological polar surface area (TPSA) is 6.48 Å². The van der Waals surface area contributed by atoms with E-state index in [-0.39, 0.29) is 0 Å². The maximum Gasteiger partial charge on any atom is 0.0109 e. The van der Waals surface area contributed by atoms with Gasteiger partial charge in [0.05, 0.1) is 0 Å². The Hall–Kier alpha value is 0.270. The number of likely N-dealkylation sites (N-methyl/N-ethyl adjacent to an activating group) is 1. The molecule has 2 nitrogen and oxygen atoms in total. The number of hydrogen-bond acceptors (Lipinski definition) is 3. The molecule has 0 atom stereocenters. The van der Waals surface area contributed by atoms with E-state index in [4.69, 9.17) is 0 Å². The number of hydrogen-bond donors (Lipinski definition) is 1. The van der Waals surface area contributed by atoms with E-state index in [9.17, 15) is 0 Å². The van der Waals surface area contributed by atoms with Crippen LogP contribution in [0.5, 0.6) is 0 Å². The Morgan fingerprint density at radius 1 is 1.14 bits per heavy atom. The minimum Gasteiger partial charge on any atom is -0.305 e. The summed E-state index contributed by atoms with van der Waals surface area (Å²) < 4.78 is 0. The minimum absolute atomic E-state index is 0.353. The van der Waals surface area contributed by atoms with E-state index in [2.05, 4.69) is 43.3 Å². The van der Waals surface area contributed by atoms with Crippen molar-refractivity contribution >= 4 is 12.6 Å². The second-order valence-corrected chi connectivity index (χ2v) is 5.57. The van der Waals surface area contributed by atoms with Gasteiger partial charge in [0.15, 0.2) is 0 Å². The standard InChI is InChI=1S/C11H24N2S/c1-11(2,10-14)9-13-6-4-5-12(3)7-8-13/h14H,4-10H2,1-3H3. The molecule has 0 bridgehead atoms. The Labute approximate surface area is 94.1 Å². The third kappa shape index (κ3) is 4.20. The van der Waals surface area contributed by atoms with Crippen LogP contribution >= 0.6 is 12.6 Å². The van der Waals surface area contributed by atoms with Crippen LogP contribution in [0.4, 0.5) is 0 Å². The van der Waals surface area contributed by atoms with Gasteiger partial charge in [-0.1, -0.05) is 13.8 Å². The predicted octanol–water partition coefficient (Wildman–Crippen LogP) is 1.58. The molecule has 3 heteroatoms. The van der Waals surface area contributed by atoms with Gasteiger partial charge < -0.3 is 9.80 Å². The van der Waals surface area contributed by atoms with Crippen LogP contribution in [0.25, 0.3) is 0 Å². The van der Waals surface area contributed by atoms with Gasteiger partial charge in [0.2, 0.25) is 0 Å². The van der Waals surface area contributed by atoms with Gasteiger partial charge in [-0.25, -0.2) is 0 Å². The Bertz CT molecular complexity index is 171. The zero-order valence-electron chi connectivity index (χ0n) is 9.79. The molecule has 84 valence electrons.